The van der Waals surface area contributed by atoms with Crippen LogP contribution in [0.4, 0.5) is 24.0 Å². The van der Waals surface area contributed by atoms with Gasteiger partial charge in [0.1, 0.15) is 4.70 Å². The lowest BCUT2D eigenvalue weighted by Crippen LogP contribution is -2.34. The summed E-state index contributed by atoms with van der Waals surface area (Å²) < 4.78 is 39.3. The van der Waals surface area contributed by atoms with Crippen LogP contribution in [0.25, 0.3) is 10.1 Å². The Morgan fingerprint density at radius 1 is 1.26 bits per heavy atom. The maximum atomic E-state index is 13.1. The lowest BCUT2D eigenvalue weighted by atomic mass is 9.88. The first kappa shape index (κ1) is 23.9. The number of nitro benzene ring substituents is 1. The van der Waals surface area contributed by atoms with Gasteiger partial charge in [-0.1, -0.05) is 35.1 Å². The van der Waals surface area contributed by atoms with Crippen molar-refractivity contribution in [2.24, 2.45) is 0 Å². The van der Waals surface area contributed by atoms with Crippen molar-refractivity contribution in [1.82, 2.24) is 4.98 Å². The Morgan fingerprint density at radius 3 is 2.53 bits per heavy atom. The molecule has 2 aromatic carbocycles. The Labute approximate surface area is 198 Å². The van der Waals surface area contributed by atoms with Gasteiger partial charge in [-0.05, 0) is 36.5 Å². The van der Waals surface area contributed by atoms with Crippen LogP contribution in [0, 0.1) is 10.1 Å². The number of nitro groups is 1. The Kier molecular flexibility index (Phi) is 6.21. The highest BCUT2D eigenvalue weighted by molar-refractivity contribution is 7.22. The van der Waals surface area contributed by atoms with Crippen LogP contribution >= 0.6 is 22.9 Å². The number of carboxylic acids is 1. The Morgan fingerprint density at radius 2 is 1.94 bits per heavy atom. The molecular weight excluding hydrogens is 499 g/mol. The lowest BCUT2D eigenvalue weighted by Gasteiger charge is -2.33. The van der Waals surface area contributed by atoms with E-state index in [0.29, 0.717) is 43.6 Å². The maximum Gasteiger partial charge on any atom is 0.416 e. The number of aromatic nitrogens is 1. The van der Waals surface area contributed by atoms with E-state index in [4.69, 9.17) is 11.6 Å². The summed E-state index contributed by atoms with van der Waals surface area (Å²) in [6, 6.07) is 5.79. The fourth-order valence-electron chi connectivity index (χ4n) is 3.99. The second-order valence-corrected chi connectivity index (χ2v) is 9.06. The third-order valence-electron chi connectivity index (χ3n) is 5.68. The molecule has 0 bridgehead atoms. The van der Waals surface area contributed by atoms with Crippen LogP contribution in [0.2, 0.25) is 5.02 Å². The first-order valence-electron chi connectivity index (χ1n) is 9.94. The number of carboxylic acid groups (broad SMARTS) is 1. The number of rotatable bonds is 4. The van der Waals surface area contributed by atoms with Gasteiger partial charge in [-0.2, -0.15) is 18.2 Å². The van der Waals surface area contributed by atoms with E-state index >= 15 is 0 Å². The van der Waals surface area contributed by atoms with Gasteiger partial charge in [-0.3, -0.25) is 14.9 Å². The molecule has 0 saturated carbocycles. The molecule has 2 heterocycles. The van der Waals surface area contributed by atoms with Gasteiger partial charge >= 0.3 is 12.1 Å². The molecule has 1 aliphatic heterocycles. The summed E-state index contributed by atoms with van der Waals surface area (Å²) in [4.78, 5) is 40.0. The van der Waals surface area contributed by atoms with Crippen molar-refractivity contribution in [2.75, 3.05) is 18.0 Å². The number of hydrogen-bond acceptors (Lipinski definition) is 7. The number of non-ortho nitro benzene ring substituents is 1. The highest BCUT2D eigenvalue weighted by Gasteiger charge is 2.34. The summed E-state index contributed by atoms with van der Waals surface area (Å²) in [5.41, 5.74) is -2.37. The van der Waals surface area contributed by atoms with Crippen LogP contribution in [-0.4, -0.2) is 34.1 Å². The topological polar surface area (TPSA) is 114 Å². The van der Waals surface area contributed by atoms with E-state index in [1.165, 1.54) is 6.07 Å². The number of benzene rings is 2. The highest BCUT2D eigenvalue weighted by Crippen LogP contribution is 2.40. The molecule has 34 heavy (non-hydrogen) atoms. The van der Waals surface area contributed by atoms with E-state index in [9.17, 15) is 38.0 Å². The average Bonchev–Trinajstić information content (AvgIpc) is 2.77. The number of aromatic carboxylic acids is 1. The predicted molar refractivity (Wildman–Crippen MR) is 120 cm³/mol. The van der Waals surface area contributed by atoms with Crippen molar-refractivity contribution in [2.45, 2.75) is 24.9 Å². The summed E-state index contributed by atoms with van der Waals surface area (Å²) in [6.07, 6.45) is -3.77. The van der Waals surface area contributed by atoms with Gasteiger partial charge < -0.3 is 10.0 Å². The van der Waals surface area contributed by atoms with E-state index in [2.05, 4.69) is 4.98 Å². The number of nitrogens with zero attached hydrogens (tertiary/aromatic N) is 3. The number of halogens is 4. The fourth-order valence-corrected chi connectivity index (χ4v) is 5.47. The predicted octanol–water partition coefficient (Wildman–Crippen LogP) is 5.32. The number of carbonyl (C=O) groups is 1. The molecule has 1 fully saturated rings. The van der Waals surface area contributed by atoms with E-state index in [1.54, 1.807) is 17.0 Å². The molecule has 0 aliphatic carbocycles. The molecule has 1 saturated heterocycles. The van der Waals surface area contributed by atoms with Crippen molar-refractivity contribution in [3.8, 4) is 0 Å². The van der Waals surface area contributed by atoms with Crippen LogP contribution in [0.15, 0.2) is 35.1 Å². The number of fused-ring (bicyclic) bond motifs is 1. The maximum absolute atomic E-state index is 13.1. The minimum absolute atomic E-state index is 0.00143. The largest absolute Gasteiger partial charge is 0.478 e. The average molecular weight is 514 g/mol. The zero-order valence-electron chi connectivity index (χ0n) is 17.1. The van der Waals surface area contributed by atoms with Gasteiger partial charge in [0.15, 0.2) is 5.13 Å². The number of piperidine rings is 1. The minimum Gasteiger partial charge on any atom is -0.478 e. The van der Waals surface area contributed by atoms with Crippen LogP contribution in [0.3, 0.4) is 0 Å². The molecular formula is C21H15ClF3N3O5S. The van der Waals surface area contributed by atoms with Gasteiger partial charge in [0.2, 0.25) is 0 Å². The first-order chi connectivity index (χ1) is 16.0. The van der Waals surface area contributed by atoms with E-state index < -0.39 is 39.3 Å². The molecule has 4 rings (SSSR count). The summed E-state index contributed by atoms with van der Waals surface area (Å²) in [5.74, 6) is -1.19. The van der Waals surface area contributed by atoms with Crippen molar-refractivity contribution in [3.05, 3.63) is 72.5 Å². The summed E-state index contributed by atoms with van der Waals surface area (Å²) in [6.45, 7) is 0.780. The number of anilines is 1. The number of alkyl halides is 3. The summed E-state index contributed by atoms with van der Waals surface area (Å²) >= 11 is 7.07. The summed E-state index contributed by atoms with van der Waals surface area (Å²) in [7, 11) is 0. The third kappa shape index (κ3) is 4.42. The van der Waals surface area contributed by atoms with Gasteiger partial charge in [-0.15, -0.1) is 0 Å². The van der Waals surface area contributed by atoms with Crippen LogP contribution in [-0.2, 0) is 6.18 Å². The monoisotopic (exact) mass is 513 g/mol. The zero-order valence-corrected chi connectivity index (χ0v) is 18.7. The molecule has 13 heteroatoms. The van der Waals surface area contributed by atoms with Gasteiger partial charge in [0, 0.05) is 19.2 Å². The second-order valence-electron chi connectivity index (χ2n) is 7.70. The molecule has 0 amide bonds. The van der Waals surface area contributed by atoms with E-state index in [-0.39, 0.29) is 26.3 Å². The van der Waals surface area contributed by atoms with Crippen LogP contribution < -0.4 is 10.5 Å². The molecule has 178 valence electrons. The molecule has 3 aromatic rings. The Bertz CT molecular complexity index is 1370. The van der Waals surface area contributed by atoms with Crippen LogP contribution in [0.1, 0.15) is 40.2 Å². The molecule has 1 aliphatic rings. The minimum atomic E-state index is -4.85. The van der Waals surface area contributed by atoms with Crippen molar-refractivity contribution in [3.63, 3.8) is 0 Å². The molecule has 0 atom stereocenters. The first-order valence-corrected chi connectivity index (χ1v) is 11.1. The molecule has 0 radical (unpaired) electrons. The fraction of sp³-hybridized carbons (Fsp3) is 0.286. The zero-order chi connectivity index (χ0) is 24.8. The Hall–Kier alpha value is -3.25. The second kappa shape index (κ2) is 8.84. The third-order valence-corrected chi connectivity index (χ3v) is 7.27. The standard InChI is InChI=1S/C21H15ClF3N3O5S/c22-16-12(2-1-3-13(16)19(30)31)10-4-6-27(7-5-10)20-26-18(29)14-8-11(21(23,24)25)9-15(28(32)33)17(14)34-20/h1-3,8-10H,4-7H2,(H,30,31). The summed E-state index contributed by atoms with van der Waals surface area (Å²) in [5, 5.41) is 20.6. The molecule has 1 N–H and O–H groups in total. The van der Waals surface area contributed by atoms with Gasteiger partial charge in [0.05, 0.1) is 26.5 Å². The van der Waals surface area contributed by atoms with Crippen LogP contribution in [0.5, 0.6) is 0 Å². The SMILES string of the molecule is O=C(O)c1cccc(C2CCN(c3nc(=O)c4cc(C(F)(F)F)cc([N+](=O)[O-])c4s3)CC2)c1Cl. The normalized spacial score (nSPS) is 15.0. The molecule has 8 nitrogen and oxygen atoms in total. The lowest BCUT2D eigenvalue weighted by molar-refractivity contribution is -0.383. The van der Waals surface area contributed by atoms with E-state index in [0.717, 1.165) is 11.3 Å². The Balaban J connectivity index is 1.66. The van der Waals surface area contributed by atoms with E-state index in [1.807, 2.05) is 0 Å². The molecule has 1 aromatic heterocycles. The van der Waals surface area contributed by atoms with Gasteiger partial charge in [0.25, 0.3) is 11.2 Å². The van der Waals surface area contributed by atoms with Crippen molar-refractivity contribution >= 4 is 49.8 Å². The number of hydrogen-bond donors (Lipinski definition) is 1. The van der Waals surface area contributed by atoms with Crippen molar-refractivity contribution < 1.29 is 28.0 Å². The van der Waals surface area contributed by atoms with Gasteiger partial charge in [-0.25, -0.2) is 4.79 Å². The quantitative estimate of drug-likeness (QED) is 0.371. The molecule has 0 unspecified atom stereocenters. The highest BCUT2D eigenvalue weighted by atomic mass is 35.5. The van der Waals surface area contributed by atoms with Crippen molar-refractivity contribution in [1.29, 1.82) is 0 Å². The molecule has 0 spiro atoms. The smallest absolute Gasteiger partial charge is 0.416 e.